The second-order valence-electron chi connectivity index (χ2n) is 5.89. The first-order valence-electron chi connectivity index (χ1n) is 7.63. The van der Waals surface area contributed by atoms with E-state index in [1.807, 2.05) is 0 Å². The molecular weight excluding hydrogens is 232 g/mol. The van der Waals surface area contributed by atoms with E-state index in [2.05, 4.69) is 37.3 Å². The molecule has 2 atom stereocenters. The van der Waals surface area contributed by atoms with Crippen LogP contribution >= 0.6 is 0 Å². The molecule has 0 spiro atoms. The lowest BCUT2D eigenvalue weighted by Crippen LogP contribution is -2.30. The molecule has 2 aliphatic rings. The smallest absolute Gasteiger partial charge is 0.140 e. The molecule has 0 unspecified atom stereocenters. The Morgan fingerprint density at radius 1 is 1.26 bits per heavy atom. The van der Waals surface area contributed by atoms with Gasteiger partial charge in [0.1, 0.15) is 5.78 Å². The topological polar surface area (TPSA) is 17.1 Å². The number of allylic oxidation sites excluding steroid dienone is 1. The van der Waals surface area contributed by atoms with Crippen LogP contribution in [-0.2, 0) is 4.79 Å². The molecule has 1 aromatic carbocycles. The maximum Gasteiger partial charge on any atom is 0.140 e. The zero-order chi connectivity index (χ0) is 13.2. The minimum Gasteiger partial charge on any atom is -0.299 e. The Labute approximate surface area is 115 Å². The van der Waals surface area contributed by atoms with Crippen LogP contribution < -0.4 is 0 Å². The van der Waals surface area contributed by atoms with Gasteiger partial charge >= 0.3 is 0 Å². The Morgan fingerprint density at radius 2 is 2.11 bits per heavy atom. The fourth-order valence-electron chi connectivity index (χ4n) is 3.70. The largest absolute Gasteiger partial charge is 0.299 e. The van der Waals surface area contributed by atoms with Crippen molar-refractivity contribution in [1.29, 1.82) is 0 Å². The minimum absolute atomic E-state index is 0.154. The number of ketones is 1. The van der Waals surface area contributed by atoms with Crippen LogP contribution in [0.15, 0.2) is 29.8 Å². The van der Waals surface area contributed by atoms with E-state index >= 15 is 0 Å². The number of rotatable bonds is 3. The standard InChI is InChI=1S/C18H22O/c1-2-3-7-13-12-14-8-4-5-9-15(14)18-16(13)10-6-11-17(18)19/h4-5,8-9,12,16,18H,2-3,6-7,10-11H2,1H3/t16-,18+/m0/s1. The molecule has 2 aliphatic carbocycles. The Balaban J connectivity index is 2.02. The Bertz CT molecular complexity index is 512. The average Bonchev–Trinajstić information content (AvgIpc) is 2.45. The third-order valence-electron chi connectivity index (χ3n) is 4.65. The molecular formula is C18H22O. The molecule has 0 amide bonds. The Hall–Kier alpha value is -1.37. The van der Waals surface area contributed by atoms with Gasteiger partial charge in [-0.3, -0.25) is 4.79 Å². The zero-order valence-corrected chi connectivity index (χ0v) is 11.7. The summed E-state index contributed by atoms with van der Waals surface area (Å²) in [6.45, 7) is 2.24. The summed E-state index contributed by atoms with van der Waals surface area (Å²) in [5, 5.41) is 0. The van der Waals surface area contributed by atoms with Gasteiger partial charge in [-0.1, -0.05) is 49.3 Å². The second kappa shape index (κ2) is 5.32. The molecule has 0 aliphatic heterocycles. The lowest BCUT2D eigenvalue weighted by Gasteiger charge is -2.37. The Morgan fingerprint density at radius 3 is 2.95 bits per heavy atom. The summed E-state index contributed by atoms with van der Waals surface area (Å²) in [5.74, 6) is 1.11. The monoisotopic (exact) mass is 254 g/mol. The van der Waals surface area contributed by atoms with Crippen LogP contribution in [0.25, 0.3) is 6.08 Å². The predicted molar refractivity (Wildman–Crippen MR) is 79.0 cm³/mol. The third-order valence-corrected chi connectivity index (χ3v) is 4.65. The summed E-state index contributed by atoms with van der Waals surface area (Å²) in [4.78, 5) is 12.4. The van der Waals surface area contributed by atoms with Gasteiger partial charge in [0, 0.05) is 12.3 Å². The predicted octanol–water partition coefficient (Wildman–Crippen LogP) is 4.73. The maximum absolute atomic E-state index is 12.4. The van der Waals surface area contributed by atoms with Gasteiger partial charge in [0.15, 0.2) is 0 Å². The molecule has 19 heavy (non-hydrogen) atoms. The first-order valence-corrected chi connectivity index (χ1v) is 7.63. The summed E-state index contributed by atoms with van der Waals surface area (Å²) in [7, 11) is 0. The number of hydrogen-bond acceptors (Lipinski definition) is 1. The fourth-order valence-corrected chi connectivity index (χ4v) is 3.70. The van der Waals surface area contributed by atoms with Gasteiger partial charge < -0.3 is 0 Å². The van der Waals surface area contributed by atoms with Crippen molar-refractivity contribution in [2.45, 2.75) is 51.4 Å². The number of hydrogen-bond donors (Lipinski definition) is 0. The maximum atomic E-state index is 12.4. The van der Waals surface area contributed by atoms with E-state index in [0.29, 0.717) is 11.7 Å². The highest BCUT2D eigenvalue weighted by molar-refractivity contribution is 5.90. The third kappa shape index (κ3) is 2.27. The van der Waals surface area contributed by atoms with Gasteiger partial charge in [0.25, 0.3) is 0 Å². The van der Waals surface area contributed by atoms with E-state index in [1.165, 1.54) is 42.4 Å². The van der Waals surface area contributed by atoms with E-state index in [1.54, 1.807) is 0 Å². The molecule has 1 nitrogen and oxygen atoms in total. The van der Waals surface area contributed by atoms with E-state index in [4.69, 9.17) is 0 Å². The normalized spacial score (nSPS) is 25.5. The molecule has 1 fully saturated rings. The highest BCUT2D eigenvalue weighted by atomic mass is 16.1. The first-order chi connectivity index (χ1) is 9.31. The van der Waals surface area contributed by atoms with Crippen LogP contribution in [0, 0.1) is 5.92 Å². The van der Waals surface area contributed by atoms with Gasteiger partial charge in [0.05, 0.1) is 0 Å². The van der Waals surface area contributed by atoms with Crippen LogP contribution in [0.5, 0.6) is 0 Å². The van der Waals surface area contributed by atoms with Crippen LogP contribution in [0.1, 0.15) is 62.5 Å². The Kier molecular flexibility index (Phi) is 3.54. The molecule has 0 radical (unpaired) electrons. The molecule has 0 heterocycles. The van der Waals surface area contributed by atoms with Crippen molar-refractivity contribution in [3.63, 3.8) is 0 Å². The average molecular weight is 254 g/mol. The van der Waals surface area contributed by atoms with Crippen molar-refractivity contribution >= 4 is 11.9 Å². The van der Waals surface area contributed by atoms with E-state index in [-0.39, 0.29) is 5.92 Å². The van der Waals surface area contributed by atoms with Crippen molar-refractivity contribution < 1.29 is 4.79 Å². The van der Waals surface area contributed by atoms with E-state index in [0.717, 1.165) is 12.8 Å². The van der Waals surface area contributed by atoms with Gasteiger partial charge in [-0.25, -0.2) is 0 Å². The quantitative estimate of drug-likeness (QED) is 0.762. The molecule has 3 rings (SSSR count). The lowest BCUT2D eigenvalue weighted by molar-refractivity contribution is -0.123. The highest BCUT2D eigenvalue weighted by Crippen LogP contribution is 2.46. The van der Waals surface area contributed by atoms with Gasteiger partial charge in [-0.05, 0) is 42.7 Å². The summed E-state index contributed by atoms with van der Waals surface area (Å²) >= 11 is 0. The molecule has 0 aromatic heterocycles. The first kappa shape index (κ1) is 12.7. The molecule has 1 aromatic rings. The van der Waals surface area contributed by atoms with Crippen LogP contribution in [0.2, 0.25) is 0 Å². The summed E-state index contributed by atoms with van der Waals surface area (Å²) in [6.07, 6.45) is 9.04. The summed E-state index contributed by atoms with van der Waals surface area (Å²) in [6, 6.07) is 8.48. The number of Topliss-reactive ketones (excluding diaryl/α,β-unsaturated/α-hetero) is 1. The van der Waals surface area contributed by atoms with Crippen molar-refractivity contribution in [3.05, 3.63) is 41.0 Å². The lowest BCUT2D eigenvalue weighted by atomic mass is 9.66. The number of carbonyl (C=O) groups excluding carboxylic acids is 1. The second-order valence-corrected chi connectivity index (χ2v) is 5.89. The molecule has 1 saturated carbocycles. The van der Waals surface area contributed by atoms with Crippen molar-refractivity contribution in [3.8, 4) is 0 Å². The van der Waals surface area contributed by atoms with Crippen molar-refractivity contribution in [2.75, 3.05) is 0 Å². The minimum atomic E-state index is 0.154. The number of carbonyl (C=O) groups is 1. The van der Waals surface area contributed by atoms with Gasteiger partial charge in [0.2, 0.25) is 0 Å². The highest BCUT2D eigenvalue weighted by Gasteiger charge is 2.37. The SMILES string of the molecule is CCCCC1=Cc2ccccc2[C@H]2C(=O)CCC[C@@H]12. The van der Waals surface area contributed by atoms with Crippen molar-refractivity contribution in [2.24, 2.45) is 5.92 Å². The van der Waals surface area contributed by atoms with Gasteiger partial charge in [-0.2, -0.15) is 0 Å². The van der Waals surface area contributed by atoms with Crippen molar-refractivity contribution in [1.82, 2.24) is 0 Å². The van der Waals surface area contributed by atoms with Crippen LogP contribution in [0.4, 0.5) is 0 Å². The molecule has 100 valence electrons. The number of fused-ring (bicyclic) bond motifs is 3. The molecule has 0 saturated heterocycles. The zero-order valence-electron chi connectivity index (χ0n) is 11.7. The molecule has 0 bridgehead atoms. The van der Waals surface area contributed by atoms with Crippen LogP contribution in [0.3, 0.4) is 0 Å². The van der Waals surface area contributed by atoms with E-state index in [9.17, 15) is 4.79 Å². The number of unbranched alkanes of at least 4 members (excludes halogenated alkanes) is 1. The summed E-state index contributed by atoms with van der Waals surface area (Å²) < 4.78 is 0. The fraction of sp³-hybridized carbons (Fsp3) is 0.500. The molecule has 1 heteroatoms. The summed E-state index contributed by atoms with van der Waals surface area (Å²) in [5.41, 5.74) is 4.08. The number of benzene rings is 1. The molecule has 0 N–H and O–H groups in total. The van der Waals surface area contributed by atoms with Gasteiger partial charge in [-0.15, -0.1) is 0 Å². The van der Waals surface area contributed by atoms with Crippen LogP contribution in [-0.4, -0.2) is 5.78 Å². The van der Waals surface area contributed by atoms with E-state index < -0.39 is 0 Å².